The number of aromatic amines is 1. The molecule has 1 saturated heterocycles. The molecule has 5 N–H and O–H groups in total. The molecule has 2 aromatic rings. The van der Waals surface area contributed by atoms with E-state index in [1.165, 1.54) is 13.1 Å². The summed E-state index contributed by atoms with van der Waals surface area (Å²) in [6, 6.07) is 9.39. The molecule has 17 heteroatoms. The van der Waals surface area contributed by atoms with E-state index in [4.69, 9.17) is 35.9 Å². The second kappa shape index (κ2) is 16.2. The Morgan fingerprint density at radius 2 is 1.91 bits per heavy atom. The Kier molecular flexibility index (Phi) is 13.4. The zero-order valence-electron chi connectivity index (χ0n) is 26.3. The third-order valence-corrected chi connectivity index (χ3v) is 10.4. The number of hydrogen-bond acceptors (Lipinski definition) is 12. The highest BCUT2D eigenvalue weighted by Gasteiger charge is 2.54. The summed E-state index contributed by atoms with van der Waals surface area (Å²) in [5, 5.41) is 13.4. The molecular formula is C29H42ClN4O10PS. The van der Waals surface area contributed by atoms with Gasteiger partial charge in [-0.3, -0.25) is 33.0 Å². The van der Waals surface area contributed by atoms with E-state index < -0.39 is 66.3 Å². The van der Waals surface area contributed by atoms with Gasteiger partial charge in [-0.2, -0.15) is 0 Å². The summed E-state index contributed by atoms with van der Waals surface area (Å²) in [7, 11) is -4.07. The molecule has 1 aromatic carbocycles. The zero-order valence-corrected chi connectivity index (χ0v) is 28.8. The molecule has 2 unspecified atom stereocenters. The Hall–Kier alpha value is -2.33. The topological polar surface area (TPSA) is 201 Å². The van der Waals surface area contributed by atoms with Crippen LogP contribution in [-0.2, 0) is 39.2 Å². The average Bonchev–Trinajstić information content (AvgIpc) is 3.23. The molecule has 0 saturated carbocycles. The largest absolute Gasteiger partial charge is 0.463 e. The highest BCUT2D eigenvalue weighted by Crippen LogP contribution is 2.47. The van der Waals surface area contributed by atoms with Gasteiger partial charge in [0.25, 0.3) is 5.56 Å². The van der Waals surface area contributed by atoms with Gasteiger partial charge < -0.3 is 20.3 Å². The Balaban J connectivity index is 1.63. The molecule has 3 rings (SSSR count). The minimum absolute atomic E-state index is 0.0988. The molecule has 1 aliphatic rings. The molecule has 1 aromatic heterocycles. The number of aromatic nitrogens is 2. The molecular weight excluding hydrogens is 663 g/mol. The number of nitrogens with zero attached hydrogens (tertiary/aromatic N) is 1. The average molecular weight is 705 g/mol. The van der Waals surface area contributed by atoms with Crippen LogP contribution in [0, 0.1) is 11.3 Å². The normalized spacial score (nSPS) is 23.6. The van der Waals surface area contributed by atoms with Gasteiger partial charge >= 0.3 is 19.4 Å². The van der Waals surface area contributed by atoms with E-state index in [9.17, 15) is 28.8 Å². The molecule has 1 aliphatic heterocycles. The maximum atomic E-state index is 13.8. The van der Waals surface area contributed by atoms with Crippen LogP contribution in [0.5, 0.6) is 0 Å². The number of carbonyl (C=O) groups excluding carboxylic acids is 2. The van der Waals surface area contributed by atoms with E-state index >= 15 is 0 Å². The van der Waals surface area contributed by atoms with Crippen LogP contribution in [0.15, 0.2) is 52.2 Å². The van der Waals surface area contributed by atoms with Crippen LogP contribution in [-0.4, -0.2) is 74.4 Å². The molecule has 0 aliphatic carbocycles. The van der Waals surface area contributed by atoms with E-state index in [1.54, 1.807) is 27.7 Å². The second-order valence-corrected chi connectivity index (χ2v) is 15.7. The summed E-state index contributed by atoms with van der Waals surface area (Å²) in [6.45, 7) is 7.66. The van der Waals surface area contributed by atoms with Gasteiger partial charge in [0.2, 0.25) is 0 Å². The number of carbonyl (C=O) groups is 2. The van der Waals surface area contributed by atoms with Gasteiger partial charge in [-0.25, -0.2) is 14.4 Å². The fourth-order valence-corrected chi connectivity index (χ4v) is 6.74. The molecule has 0 spiro atoms. The first-order chi connectivity index (χ1) is 21.5. The van der Waals surface area contributed by atoms with Gasteiger partial charge in [-0.05, 0) is 32.3 Å². The quantitative estimate of drug-likeness (QED) is 0.0861. The van der Waals surface area contributed by atoms with Crippen LogP contribution < -0.4 is 22.1 Å². The van der Waals surface area contributed by atoms with Crippen molar-refractivity contribution in [2.45, 2.75) is 70.5 Å². The molecule has 0 radical (unpaired) electrons. The van der Waals surface area contributed by atoms with Crippen LogP contribution in [0.2, 0.25) is 0 Å². The number of benzene rings is 1. The van der Waals surface area contributed by atoms with E-state index in [2.05, 4.69) is 10.1 Å². The molecule has 14 nitrogen and oxygen atoms in total. The number of thioether (sulfide) groups is 1. The van der Waals surface area contributed by atoms with Gasteiger partial charge in [0, 0.05) is 24.6 Å². The Bertz CT molecular complexity index is 1500. The predicted octanol–water partition coefficient (Wildman–Crippen LogP) is 2.54. The minimum atomic E-state index is -4.07. The molecule has 256 valence electrons. The number of esters is 1. The monoisotopic (exact) mass is 704 g/mol. The van der Waals surface area contributed by atoms with E-state index in [0.29, 0.717) is 0 Å². The Morgan fingerprint density at radius 1 is 1.24 bits per heavy atom. The minimum Gasteiger partial charge on any atom is -0.463 e. The summed E-state index contributed by atoms with van der Waals surface area (Å²) >= 11 is 7.51. The summed E-state index contributed by atoms with van der Waals surface area (Å²) in [5.41, 5.74) is 4.19. The number of nitrogens with two attached hydrogens (primary N) is 1. The Labute approximate surface area is 276 Å². The first-order valence-corrected chi connectivity index (χ1v) is 17.5. The fourth-order valence-electron chi connectivity index (χ4n) is 4.21. The standard InChI is InChI=1S/C29H42ClN4O10PS/c1-18(2)22(31)24(37)41-17-28(3,4)26(38)46-14-13-42-45(40,32-15-19-9-7-6-8-10-19)43-16-20-23(36)29(5,30)25(44-20)34-12-11-21(35)33-27(34)39/h6-12,18,20,22-23,25,36H,13-17,31H2,1-5H3,(H,32,40)(H,33,35,39)/t20-,22?,23-,25-,29-,45?/m1/s1. The molecule has 1 fully saturated rings. The second-order valence-electron chi connectivity index (χ2n) is 12.0. The summed E-state index contributed by atoms with van der Waals surface area (Å²) < 4.78 is 37.3. The van der Waals surface area contributed by atoms with Gasteiger partial charge in [0.15, 0.2) is 11.3 Å². The molecule has 6 atom stereocenters. The first kappa shape index (κ1) is 38.1. The number of hydrogen-bond donors (Lipinski definition) is 4. The van der Waals surface area contributed by atoms with Crippen molar-refractivity contribution < 1.29 is 37.8 Å². The van der Waals surface area contributed by atoms with Crippen LogP contribution in [0.4, 0.5) is 0 Å². The lowest BCUT2D eigenvalue weighted by Gasteiger charge is -2.26. The lowest BCUT2D eigenvalue weighted by atomic mass is 9.97. The number of alkyl halides is 1. The van der Waals surface area contributed by atoms with Gasteiger partial charge in [-0.1, -0.05) is 55.9 Å². The van der Waals surface area contributed by atoms with Gasteiger partial charge in [0.1, 0.15) is 29.7 Å². The van der Waals surface area contributed by atoms with Crippen LogP contribution >= 0.6 is 31.1 Å². The Morgan fingerprint density at radius 3 is 2.54 bits per heavy atom. The van der Waals surface area contributed by atoms with Crippen molar-refractivity contribution in [3.63, 3.8) is 0 Å². The van der Waals surface area contributed by atoms with Crippen LogP contribution in [0.25, 0.3) is 0 Å². The fraction of sp³-hybridized carbons (Fsp3) is 0.586. The molecule has 0 amide bonds. The third kappa shape index (κ3) is 10.1. The summed E-state index contributed by atoms with van der Waals surface area (Å²) in [6.07, 6.45) is -2.50. The molecule has 46 heavy (non-hydrogen) atoms. The van der Waals surface area contributed by atoms with Crippen LogP contribution in [0.3, 0.4) is 0 Å². The smallest absolute Gasteiger partial charge is 0.405 e. The van der Waals surface area contributed by atoms with Crippen molar-refractivity contribution in [2.24, 2.45) is 17.1 Å². The van der Waals surface area contributed by atoms with Crippen molar-refractivity contribution in [2.75, 3.05) is 25.6 Å². The first-order valence-electron chi connectivity index (χ1n) is 14.6. The maximum absolute atomic E-state index is 13.8. The maximum Gasteiger partial charge on any atom is 0.405 e. The number of H-pyrrole nitrogens is 1. The number of aliphatic hydroxyl groups is 1. The predicted molar refractivity (Wildman–Crippen MR) is 173 cm³/mol. The molecule has 2 heterocycles. The third-order valence-electron chi connectivity index (χ3n) is 7.25. The number of halogens is 1. The highest BCUT2D eigenvalue weighted by molar-refractivity contribution is 8.13. The van der Waals surface area contributed by atoms with E-state index in [-0.39, 0.29) is 36.5 Å². The van der Waals surface area contributed by atoms with E-state index in [1.807, 2.05) is 30.3 Å². The lowest BCUT2D eigenvalue weighted by Crippen LogP contribution is -2.43. The van der Waals surface area contributed by atoms with Crippen molar-refractivity contribution >= 4 is 42.2 Å². The summed E-state index contributed by atoms with van der Waals surface area (Å²) in [4.78, 5) is 49.5. The lowest BCUT2D eigenvalue weighted by molar-refractivity contribution is -0.150. The zero-order chi connectivity index (χ0) is 34.3. The van der Waals surface area contributed by atoms with Gasteiger partial charge in [0.05, 0.1) is 18.6 Å². The molecule has 0 bridgehead atoms. The van der Waals surface area contributed by atoms with Crippen molar-refractivity contribution in [1.29, 1.82) is 0 Å². The van der Waals surface area contributed by atoms with Gasteiger partial charge in [-0.15, -0.1) is 11.6 Å². The van der Waals surface area contributed by atoms with Crippen LogP contribution in [0.1, 0.15) is 46.4 Å². The number of rotatable bonds is 16. The number of ether oxygens (including phenoxy) is 2. The highest BCUT2D eigenvalue weighted by atomic mass is 35.5. The SMILES string of the molecule is CC(C)C(N)C(=O)OCC(C)(C)C(=O)SCCOP(=O)(NCc1ccccc1)OC[C@H]1O[C@@H](n2ccc(=O)[nH]c2=O)[C@](C)(Cl)[C@@H]1O. The van der Waals surface area contributed by atoms with Crippen molar-refractivity contribution in [1.82, 2.24) is 14.6 Å². The van der Waals surface area contributed by atoms with Crippen molar-refractivity contribution in [3.8, 4) is 0 Å². The van der Waals surface area contributed by atoms with E-state index in [0.717, 1.165) is 28.0 Å². The number of aliphatic hydroxyl groups excluding tert-OH is 1. The van der Waals surface area contributed by atoms with Crippen molar-refractivity contribution in [3.05, 3.63) is 69.0 Å². The number of nitrogens with one attached hydrogen (secondary N) is 2. The summed E-state index contributed by atoms with van der Waals surface area (Å²) in [5.74, 6) is -0.604.